The van der Waals surface area contributed by atoms with Crippen molar-refractivity contribution >= 4 is 17.7 Å². The molecular formula is C29H33F3N6O4. The van der Waals surface area contributed by atoms with Crippen LogP contribution in [0.4, 0.5) is 23.7 Å². The van der Waals surface area contributed by atoms with E-state index in [1.54, 1.807) is 44.0 Å². The van der Waals surface area contributed by atoms with Crippen LogP contribution in [0.3, 0.4) is 0 Å². The molecule has 1 aliphatic heterocycles. The number of nitrogens with zero attached hydrogens (tertiary/aromatic N) is 5. The molecule has 0 atom stereocenters. The minimum Gasteiger partial charge on any atom is -0.444 e. The molecule has 0 bridgehead atoms. The van der Waals surface area contributed by atoms with Gasteiger partial charge in [-0.3, -0.25) is 9.78 Å². The van der Waals surface area contributed by atoms with E-state index in [2.05, 4.69) is 20.4 Å². The maximum atomic E-state index is 14.2. The molecule has 0 spiro atoms. The van der Waals surface area contributed by atoms with Crippen LogP contribution in [-0.2, 0) is 22.9 Å². The van der Waals surface area contributed by atoms with Crippen molar-refractivity contribution in [2.45, 2.75) is 64.3 Å². The lowest BCUT2D eigenvalue weighted by Gasteiger charge is -2.37. The number of halogens is 3. The molecule has 13 heteroatoms. The van der Waals surface area contributed by atoms with Crippen molar-refractivity contribution in [2.24, 2.45) is 0 Å². The number of rotatable bonds is 6. The minimum absolute atomic E-state index is 0.0981. The average Bonchev–Trinajstić information content (AvgIpc) is 3.48. The predicted octanol–water partition coefficient (Wildman–Crippen LogP) is 5.19. The molecule has 2 amide bonds. The fraction of sp³-hybridized carbons (Fsp3) is 0.483. The lowest BCUT2D eigenvalue weighted by molar-refractivity contribution is -0.138. The zero-order valence-electron chi connectivity index (χ0n) is 23.9. The molecule has 1 aliphatic carbocycles. The van der Waals surface area contributed by atoms with Gasteiger partial charge in [0.2, 0.25) is 5.89 Å². The van der Waals surface area contributed by atoms with E-state index in [9.17, 15) is 22.8 Å². The van der Waals surface area contributed by atoms with Crippen molar-refractivity contribution in [3.8, 4) is 11.1 Å². The monoisotopic (exact) mass is 586 g/mol. The average molecular weight is 587 g/mol. The summed E-state index contributed by atoms with van der Waals surface area (Å²) in [5.74, 6) is -0.572. The van der Waals surface area contributed by atoms with Crippen LogP contribution < -0.4 is 10.2 Å². The van der Waals surface area contributed by atoms with Crippen molar-refractivity contribution in [2.75, 3.05) is 31.1 Å². The molecule has 2 aliphatic rings. The zero-order chi connectivity index (χ0) is 30.3. The topological polar surface area (TPSA) is 114 Å². The summed E-state index contributed by atoms with van der Waals surface area (Å²) in [6.45, 7) is 8.70. The highest BCUT2D eigenvalue weighted by atomic mass is 19.4. The number of anilines is 1. The number of amides is 2. The van der Waals surface area contributed by atoms with Gasteiger partial charge in [0, 0.05) is 49.9 Å². The predicted molar refractivity (Wildman–Crippen MR) is 147 cm³/mol. The summed E-state index contributed by atoms with van der Waals surface area (Å²) >= 11 is 0. The number of hydrogen-bond donors (Lipinski definition) is 1. The maximum absolute atomic E-state index is 14.2. The standard InChI is InChI=1S/C29H33F3N6O4/c1-27(2,3)41-26(40)38-13-11-37(12-14-38)22-17-33-10-7-20(22)18-5-6-19(21(15-18)29(30,31)32)16-34-24(39)23-35-25(42-36-23)28(4)8-9-28/h5-7,10,15,17H,8-9,11-14,16H2,1-4H3,(H,34,39). The van der Waals surface area contributed by atoms with Crippen molar-refractivity contribution in [1.82, 2.24) is 25.3 Å². The first-order valence-electron chi connectivity index (χ1n) is 13.7. The van der Waals surface area contributed by atoms with Crippen LogP contribution in [-0.4, -0.2) is 63.8 Å². The SMILES string of the molecule is CC(C)(C)OC(=O)N1CCN(c2cnccc2-c2ccc(CNC(=O)c3noc(C4(C)CC4)n3)c(C(F)(F)F)c2)CC1. The van der Waals surface area contributed by atoms with Crippen LogP contribution in [0.5, 0.6) is 0 Å². The molecule has 2 aromatic heterocycles. The first kappa shape index (κ1) is 29.3. The second-order valence-electron chi connectivity index (χ2n) is 11.9. The van der Waals surface area contributed by atoms with Gasteiger partial charge in [-0.1, -0.05) is 24.2 Å². The molecular weight excluding hydrogens is 553 g/mol. The molecule has 1 N–H and O–H groups in total. The number of alkyl halides is 3. The Morgan fingerprint density at radius 3 is 2.45 bits per heavy atom. The molecule has 5 rings (SSSR count). The van der Waals surface area contributed by atoms with Gasteiger partial charge in [-0.15, -0.1) is 0 Å². The van der Waals surface area contributed by atoms with Gasteiger partial charge in [-0.25, -0.2) is 4.79 Å². The van der Waals surface area contributed by atoms with E-state index in [1.807, 2.05) is 11.8 Å². The Kier molecular flexibility index (Phi) is 7.62. The van der Waals surface area contributed by atoms with E-state index in [4.69, 9.17) is 9.26 Å². The summed E-state index contributed by atoms with van der Waals surface area (Å²) in [4.78, 5) is 36.9. The number of piperazine rings is 1. The van der Waals surface area contributed by atoms with Gasteiger partial charge in [-0.05, 0) is 56.9 Å². The first-order chi connectivity index (χ1) is 19.7. The molecule has 3 heterocycles. The molecule has 3 aromatic rings. The maximum Gasteiger partial charge on any atom is 0.416 e. The van der Waals surface area contributed by atoms with Gasteiger partial charge in [0.25, 0.3) is 11.7 Å². The largest absolute Gasteiger partial charge is 0.444 e. The summed E-state index contributed by atoms with van der Waals surface area (Å²) in [5, 5.41) is 6.16. The van der Waals surface area contributed by atoms with Gasteiger partial charge in [0.15, 0.2) is 0 Å². The summed E-state index contributed by atoms with van der Waals surface area (Å²) in [5.41, 5.74) is -0.220. The number of hydrogen-bond acceptors (Lipinski definition) is 8. The Balaban J connectivity index is 1.32. The number of carbonyl (C=O) groups is 2. The summed E-state index contributed by atoms with van der Waals surface area (Å²) < 4.78 is 53.2. The Hall–Kier alpha value is -4.16. The van der Waals surface area contributed by atoms with E-state index in [0.717, 1.165) is 18.9 Å². The second-order valence-corrected chi connectivity index (χ2v) is 11.9. The Morgan fingerprint density at radius 1 is 1.10 bits per heavy atom. The van der Waals surface area contributed by atoms with Gasteiger partial charge >= 0.3 is 12.3 Å². The van der Waals surface area contributed by atoms with Gasteiger partial charge in [0.05, 0.1) is 17.4 Å². The first-order valence-corrected chi connectivity index (χ1v) is 13.7. The van der Waals surface area contributed by atoms with Crippen molar-refractivity contribution in [3.63, 3.8) is 0 Å². The number of aromatic nitrogens is 3. The number of pyridine rings is 1. The van der Waals surface area contributed by atoms with Crippen molar-refractivity contribution in [1.29, 1.82) is 0 Å². The molecule has 1 saturated heterocycles. The Morgan fingerprint density at radius 2 is 1.81 bits per heavy atom. The lowest BCUT2D eigenvalue weighted by atomic mass is 9.97. The number of ether oxygens (including phenoxy) is 1. The van der Waals surface area contributed by atoms with E-state index in [-0.39, 0.29) is 23.3 Å². The molecule has 224 valence electrons. The van der Waals surface area contributed by atoms with E-state index in [0.29, 0.717) is 48.9 Å². The third-order valence-corrected chi connectivity index (χ3v) is 7.38. The zero-order valence-corrected chi connectivity index (χ0v) is 23.9. The fourth-order valence-electron chi connectivity index (χ4n) is 4.72. The third kappa shape index (κ3) is 6.50. The minimum atomic E-state index is -4.66. The normalized spacial score (nSPS) is 16.7. The Labute approximate surface area is 241 Å². The number of carbonyl (C=O) groups excluding carboxylic acids is 2. The summed E-state index contributed by atoms with van der Waals surface area (Å²) in [6.07, 6.45) is -0.178. The van der Waals surface area contributed by atoms with E-state index >= 15 is 0 Å². The Bertz CT molecular complexity index is 1470. The van der Waals surface area contributed by atoms with Gasteiger partial charge in [-0.2, -0.15) is 18.2 Å². The quantitative estimate of drug-likeness (QED) is 0.420. The van der Waals surface area contributed by atoms with Gasteiger partial charge in [0.1, 0.15) is 5.60 Å². The van der Waals surface area contributed by atoms with Gasteiger partial charge < -0.3 is 24.4 Å². The molecule has 0 unspecified atom stereocenters. The molecule has 0 radical (unpaired) electrons. The van der Waals surface area contributed by atoms with Crippen LogP contribution in [0.2, 0.25) is 0 Å². The molecule has 2 fully saturated rings. The van der Waals surface area contributed by atoms with Crippen molar-refractivity contribution in [3.05, 3.63) is 59.5 Å². The smallest absolute Gasteiger partial charge is 0.416 e. The van der Waals surface area contributed by atoms with Crippen LogP contribution in [0, 0.1) is 0 Å². The highest BCUT2D eigenvalue weighted by Gasteiger charge is 2.45. The lowest BCUT2D eigenvalue weighted by Crippen LogP contribution is -2.50. The number of nitrogens with one attached hydrogen (secondary N) is 1. The van der Waals surface area contributed by atoms with Crippen LogP contribution >= 0.6 is 0 Å². The number of benzene rings is 1. The van der Waals surface area contributed by atoms with E-state index in [1.165, 1.54) is 12.3 Å². The molecule has 1 saturated carbocycles. The van der Waals surface area contributed by atoms with Crippen LogP contribution in [0.1, 0.15) is 68.2 Å². The molecule has 42 heavy (non-hydrogen) atoms. The summed E-state index contributed by atoms with van der Waals surface area (Å²) in [7, 11) is 0. The second kappa shape index (κ2) is 10.9. The third-order valence-electron chi connectivity index (χ3n) is 7.38. The van der Waals surface area contributed by atoms with Crippen LogP contribution in [0.25, 0.3) is 11.1 Å². The highest BCUT2D eigenvalue weighted by molar-refractivity contribution is 5.90. The van der Waals surface area contributed by atoms with Crippen LogP contribution in [0.15, 0.2) is 41.2 Å². The summed E-state index contributed by atoms with van der Waals surface area (Å²) in [6, 6.07) is 5.70. The highest BCUT2D eigenvalue weighted by Crippen LogP contribution is 2.46. The fourth-order valence-corrected chi connectivity index (χ4v) is 4.72. The molecule has 10 nitrogen and oxygen atoms in total. The van der Waals surface area contributed by atoms with Crippen molar-refractivity contribution < 1.29 is 32.0 Å². The van der Waals surface area contributed by atoms with E-state index < -0.39 is 29.3 Å². The molecule has 1 aromatic carbocycles.